The Morgan fingerprint density at radius 2 is 2.13 bits per heavy atom. The van der Waals surface area contributed by atoms with E-state index < -0.39 is 5.82 Å². The second kappa shape index (κ2) is 5.07. The topological polar surface area (TPSA) is 37.3 Å². The van der Waals surface area contributed by atoms with E-state index in [0.717, 1.165) is 0 Å². The van der Waals surface area contributed by atoms with Crippen LogP contribution in [-0.2, 0) is 0 Å². The Kier molecular flexibility index (Phi) is 4.03. The molecule has 4 heteroatoms. The molecule has 0 heterocycles. The minimum atomic E-state index is -0.398. The second-order valence-corrected chi connectivity index (χ2v) is 3.97. The number of rotatable bonds is 4. The zero-order valence-electron chi connectivity index (χ0n) is 7.96. The fourth-order valence-corrected chi connectivity index (χ4v) is 1.68. The van der Waals surface area contributed by atoms with Crippen LogP contribution in [0.1, 0.15) is 23.2 Å². The van der Waals surface area contributed by atoms with Gasteiger partial charge in [0, 0.05) is 22.9 Å². The summed E-state index contributed by atoms with van der Waals surface area (Å²) in [7, 11) is 0. The number of hydrogen-bond donors (Lipinski definition) is 1. The standard InChI is InChI=1S/C11H10BrFO2/c1-7(14)2-5-11(15)9-4-3-8(13)6-10(9)12/h3-4,6,14H,1-2,5H2. The van der Waals surface area contributed by atoms with E-state index in [2.05, 4.69) is 22.5 Å². The molecule has 0 bridgehead atoms. The Bertz CT molecular complexity index is 402. The van der Waals surface area contributed by atoms with E-state index in [1.54, 1.807) is 0 Å². The molecule has 2 nitrogen and oxygen atoms in total. The van der Waals surface area contributed by atoms with Crippen LogP contribution in [0.2, 0.25) is 0 Å². The van der Waals surface area contributed by atoms with Crippen LogP contribution in [0.3, 0.4) is 0 Å². The molecular formula is C11H10BrFO2. The first kappa shape index (κ1) is 11.9. The molecule has 80 valence electrons. The lowest BCUT2D eigenvalue weighted by molar-refractivity contribution is 0.0978. The number of halogens is 2. The number of Topliss-reactive ketones (excluding diaryl/α,β-unsaturated/α-hetero) is 1. The molecule has 1 N–H and O–H groups in total. The molecule has 0 aliphatic rings. The summed E-state index contributed by atoms with van der Waals surface area (Å²) < 4.78 is 13.2. The van der Waals surface area contributed by atoms with Crippen molar-refractivity contribution in [1.29, 1.82) is 0 Å². The van der Waals surface area contributed by atoms with Crippen molar-refractivity contribution in [3.8, 4) is 0 Å². The number of carbonyl (C=O) groups excluding carboxylic acids is 1. The van der Waals surface area contributed by atoms with Crippen LogP contribution in [0.4, 0.5) is 4.39 Å². The minimum absolute atomic E-state index is 0.0263. The fourth-order valence-electron chi connectivity index (χ4n) is 1.11. The number of benzene rings is 1. The zero-order chi connectivity index (χ0) is 11.4. The zero-order valence-corrected chi connectivity index (χ0v) is 9.55. The summed E-state index contributed by atoms with van der Waals surface area (Å²) in [5.41, 5.74) is 0.414. The molecule has 0 radical (unpaired) electrons. The number of hydrogen-bond acceptors (Lipinski definition) is 2. The van der Waals surface area contributed by atoms with E-state index >= 15 is 0 Å². The molecule has 0 saturated carbocycles. The maximum absolute atomic E-state index is 12.7. The van der Waals surface area contributed by atoms with E-state index in [1.165, 1.54) is 18.2 Å². The maximum atomic E-state index is 12.7. The van der Waals surface area contributed by atoms with Gasteiger partial charge in [-0.1, -0.05) is 6.58 Å². The highest BCUT2D eigenvalue weighted by atomic mass is 79.9. The number of allylic oxidation sites excluding steroid dienone is 1. The van der Waals surface area contributed by atoms with Crippen molar-refractivity contribution >= 4 is 21.7 Å². The molecule has 15 heavy (non-hydrogen) atoms. The summed E-state index contributed by atoms with van der Waals surface area (Å²) in [6, 6.07) is 3.88. The third kappa shape index (κ3) is 3.47. The van der Waals surface area contributed by atoms with Crippen LogP contribution in [0, 0.1) is 5.82 Å². The average Bonchev–Trinajstić information content (AvgIpc) is 2.14. The van der Waals surface area contributed by atoms with E-state index in [1.807, 2.05) is 0 Å². The molecule has 0 aliphatic carbocycles. The summed E-state index contributed by atoms with van der Waals surface area (Å²) in [6.45, 7) is 3.29. The predicted molar refractivity (Wildman–Crippen MR) is 59.4 cm³/mol. The minimum Gasteiger partial charge on any atom is -0.513 e. The monoisotopic (exact) mass is 272 g/mol. The largest absolute Gasteiger partial charge is 0.513 e. The van der Waals surface area contributed by atoms with Crippen molar-refractivity contribution in [2.45, 2.75) is 12.8 Å². The maximum Gasteiger partial charge on any atom is 0.164 e. The Morgan fingerprint density at radius 1 is 1.47 bits per heavy atom. The lowest BCUT2D eigenvalue weighted by Gasteiger charge is -2.03. The Hall–Kier alpha value is -1.16. The first-order valence-electron chi connectivity index (χ1n) is 4.35. The lowest BCUT2D eigenvalue weighted by Crippen LogP contribution is -2.01. The highest BCUT2D eigenvalue weighted by molar-refractivity contribution is 9.10. The first-order valence-corrected chi connectivity index (χ1v) is 5.15. The van der Waals surface area contributed by atoms with Gasteiger partial charge in [-0.3, -0.25) is 4.79 Å². The van der Waals surface area contributed by atoms with Crippen LogP contribution in [0.15, 0.2) is 35.0 Å². The van der Waals surface area contributed by atoms with Gasteiger partial charge in [0.15, 0.2) is 5.78 Å². The Labute approximate surface area is 95.6 Å². The molecule has 0 unspecified atom stereocenters. The Balaban J connectivity index is 2.78. The predicted octanol–water partition coefficient (Wildman–Crippen LogP) is 3.62. The number of ketones is 1. The molecule has 1 rings (SSSR count). The summed E-state index contributed by atoms with van der Waals surface area (Å²) in [4.78, 5) is 11.6. The number of aliphatic hydroxyl groups excluding tert-OH is 1. The van der Waals surface area contributed by atoms with Gasteiger partial charge < -0.3 is 5.11 Å². The third-order valence-electron chi connectivity index (χ3n) is 1.87. The summed E-state index contributed by atoms with van der Waals surface area (Å²) >= 11 is 3.11. The van der Waals surface area contributed by atoms with E-state index in [0.29, 0.717) is 10.0 Å². The van der Waals surface area contributed by atoms with Gasteiger partial charge >= 0.3 is 0 Å². The molecule has 1 aromatic rings. The van der Waals surface area contributed by atoms with Gasteiger partial charge in [-0.25, -0.2) is 4.39 Å². The van der Waals surface area contributed by atoms with Crippen molar-refractivity contribution in [3.05, 3.63) is 46.4 Å². The van der Waals surface area contributed by atoms with Crippen LogP contribution in [-0.4, -0.2) is 10.9 Å². The summed E-state index contributed by atoms with van der Waals surface area (Å²) in [6.07, 6.45) is 0.391. The quantitative estimate of drug-likeness (QED) is 0.672. The van der Waals surface area contributed by atoms with Gasteiger partial charge in [0.05, 0.1) is 5.76 Å². The van der Waals surface area contributed by atoms with Gasteiger partial charge in [-0.15, -0.1) is 0 Å². The van der Waals surface area contributed by atoms with Crippen molar-refractivity contribution in [1.82, 2.24) is 0 Å². The first-order chi connectivity index (χ1) is 7.00. The summed E-state index contributed by atoms with van der Waals surface area (Å²) in [5.74, 6) is -0.580. The molecule has 0 atom stereocenters. The van der Waals surface area contributed by atoms with Crippen LogP contribution >= 0.6 is 15.9 Å². The van der Waals surface area contributed by atoms with E-state index in [4.69, 9.17) is 5.11 Å². The van der Waals surface area contributed by atoms with E-state index in [9.17, 15) is 9.18 Å². The van der Waals surface area contributed by atoms with Gasteiger partial charge in [-0.2, -0.15) is 0 Å². The van der Waals surface area contributed by atoms with Crippen LogP contribution in [0.25, 0.3) is 0 Å². The summed E-state index contributed by atoms with van der Waals surface area (Å²) in [5, 5.41) is 8.84. The molecule has 0 amide bonds. The highest BCUT2D eigenvalue weighted by Crippen LogP contribution is 2.20. The van der Waals surface area contributed by atoms with Gasteiger partial charge in [0.2, 0.25) is 0 Å². The van der Waals surface area contributed by atoms with E-state index in [-0.39, 0.29) is 24.4 Å². The normalized spacial score (nSPS) is 10.0. The van der Waals surface area contributed by atoms with Crippen molar-refractivity contribution in [2.75, 3.05) is 0 Å². The second-order valence-electron chi connectivity index (χ2n) is 3.11. The SMILES string of the molecule is C=C(O)CCC(=O)c1ccc(F)cc1Br. The van der Waals surface area contributed by atoms with Crippen LogP contribution in [0.5, 0.6) is 0 Å². The number of aliphatic hydroxyl groups is 1. The number of carbonyl (C=O) groups is 1. The molecular weight excluding hydrogens is 263 g/mol. The smallest absolute Gasteiger partial charge is 0.164 e. The molecule has 1 aromatic carbocycles. The average molecular weight is 273 g/mol. The fraction of sp³-hybridized carbons (Fsp3) is 0.182. The van der Waals surface area contributed by atoms with Gasteiger partial charge in [-0.05, 0) is 34.1 Å². The van der Waals surface area contributed by atoms with Crippen molar-refractivity contribution in [3.63, 3.8) is 0 Å². The van der Waals surface area contributed by atoms with Crippen molar-refractivity contribution in [2.24, 2.45) is 0 Å². The van der Waals surface area contributed by atoms with Crippen molar-refractivity contribution < 1.29 is 14.3 Å². The highest BCUT2D eigenvalue weighted by Gasteiger charge is 2.10. The molecule has 0 fully saturated rings. The molecule has 0 saturated heterocycles. The third-order valence-corrected chi connectivity index (χ3v) is 2.53. The molecule has 0 spiro atoms. The molecule has 0 aromatic heterocycles. The van der Waals surface area contributed by atoms with Crippen LogP contribution < -0.4 is 0 Å². The van der Waals surface area contributed by atoms with Gasteiger partial charge in [0.1, 0.15) is 5.82 Å². The van der Waals surface area contributed by atoms with Gasteiger partial charge in [0.25, 0.3) is 0 Å². The molecule has 0 aliphatic heterocycles. The lowest BCUT2D eigenvalue weighted by atomic mass is 10.1. The Morgan fingerprint density at radius 3 is 2.67 bits per heavy atom.